The zero-order valence-electron chi connectivity index (χ0n) is 18.1. The normalized spacial score (nSPS) is 14.7. The molecule has 0 bridgehead atoms. The van der Waals surface area contributed by atoms with Crippen molar-refractivity contribution in [2.45, 2.75) is 43.2 Å². The zero-order valence-corrected chi connectivity index (χ0v) is 19.0. The third-order valence-electron chi connectivity index (χ3n) is 5.89. The second-order valence-corrected chi connectivity index (χ2v) is 10.0. The van der Waals surface area contributed by atoms with E-state index in [0.717, 1.165) is 27.7 Å². The van der Waals surface area contributed by atoms with Gasteiger partial charge < -0.3 is 5.32 Å². The van der Waals surface area contributed by atoms with Crippen molar-refractivity contribution in [1.29, 1.82) is 0 Å². The molecule has 1 fully saturated rings. The summed E-state index contributed by atoms with van der Waals surface area (Å²) in [4.78, 5) is 11.3. The number of rotatable bonds is 8. The van der Waals surface area contributed by atoms with E-state index in [1.165, 1.54) is 55.2 Å². The number of carbonyl (C=O) groups excluding carboxylic acids is 1. The summed E-state index contributed by atoms with van der Waals surface area (Å²) in [5.41, 5.74) is 5.20. The molecule has 33 heavy (non-hydrogen) atoms. The van der Waals surface area contributed by atoms with E-state index < -0.39 is 15.9 Å². The van der Waals surface area contributed by atoms with Gasteiger partial charge in [0.1, 0.15) is 0 Å². The first kappa shape index (κ1) is 23.0. The summed E-state index contributed by atoms with van der Waals surface area (Å²) < 4.78 is 27.0. The standard InChI is InChI=1S/C25H27N3O4S/c29-25(27-30)14-7-20-15-16-28(18-20)33(31,32)24-12-10-22(11-13-24)21-8-5-19(6-9-21)17-26-23-3-1-2-4-23/h5-16,18,23,26,30H,1-4,17H2,(H,27,29). The van der Waals surface area contributed by atoms with Crippen molar-refractivity contribution >= 4 is 22.0 Å². The molecule has 3 aromatic rings. The number of hydrogen-bond acceptors (Lipinski definition) is 5. The van der Waals surface area contributed by atoms with E-state index in [0.29, 0.717) is 11.6 Å². The molecule has 0 aliphatic heterocycles. The van der Waals surface area contributed by atoms with Crippen LogP contribution in [0.15, 0.2) is 78.0 Å². The molecule has 8 heteroatoms. The largest absolute Gasteiger partial charge is 0.310 e. The number of benzene rings is 2. The monoisotopic (exact) mass is 465 g/mol. The Morgan fingerprint density at radius 2 is 1.64 bits per heavy atom. The average molecular weight is 466 g/mol. The van der Waals surface area contributed by atoms with Crippen molar-refractivity contribution in [1.82, 2.24) is 14.8 Å². The fraction of sp³-hybridized carbons (Fsp3) is 0.240. The molecular formula is C25H27N3O4S. The fourth-order valence-electron chi connectivity index (χ4n) is 4.00. The Morgan fingerprint density at radius 3 is 2.27 bits per heavy atom. The number of hydroxylamine groups is 1. The maximum atomic E-state index is 12.9. The average Bonchev–Trinajstić information content (AvgIpc) is 3.54. The van der Waals surface area contributed by atoms with Crippen molar-refractivity contribution in [2.24, 2.45) is 0 Å². The van der Waals surface area contributed by atoms with Crippen LogP contribution in [0.4, 0.5) is 0 Å². The van der Waals surface area contributed by atoms with Crippen LogP contribution in [0.25, 0.3) is 17.2 Å². The van der Waals surface area contributed by atoms with Gasteiger partial charge in [-0.3, -0.25) is 10.0 Å². The second-order valence-electron chi connectivity index (χ2n) is 8.17. The van der Waals surface area contributed by atoms with Crippen LogP contribution in [0.5, 0.6) is 0 Å². The fourth-order valence-corrected chi connectivity index (χ4v) is 5.20. The van der Waals surface area contributed by atoms with Gasteiger partial charge in [0.15, 0.2) is 0 Å². The first-order valence-corrected chi connectivity index (χ1v) is 12.4. The number of carbonyl (C=O) groups is 1. The summed E-state index contributed by atoms with van der Waals surface area (Å²) in [6.45, 7) is 0.862. The van der Waals surface area contributed by atoms with Gasteiger partial charge in [0.25, 0.3) is 15.9 Å². The third-order valence-corrected chi connectivity index (χ3v) is 7.54. The van der Waals surface area contributed by atoms with Gasteiger partial charge in [-0.25, -0.2) is 17.9 Å². The Kier molecular flexibility index (Phi) is 7.08. The molecule has 4 rings (SSSR count). The first-order valence-electron chi connectivity index (χ1n) is 10.9. The van der Waals surface area contributed by atoms with Crippen molar-refractivity contribution in [2.75, 3.05) is 0 Å². The highest BCUT2D eigenvalue weighted by Gasteiger charge is 2.17. The molecule has 0 atom stereocenters. The van der Waals surface area contributed by atoms with Gasteiger partial charge in [0.2, 0.25) is 0 Å². The molecule has 1 amide bonds. The molecule has 3 N–H and O–H groups in total. The molecule has 0 unspecified atom stereocenters. The number of nitrogens with zero attached hydrogens (tertiary/aromatic N) is 1. The van der Waals surface area contributed by atoms with Gasteiger partial charge in [-0.2, -0.15) is 0 Å². The third kappa shape index (κ3) is 5.60. The van der Waals surface area contributed by atoms with Crippen molar-refractivity contribution in [3.05, 3.63) is 84.2 Å². The minimum Gasteiger partial charge on any atom is -0.310 e. The molecular weight excluding hydrogens is 438 g/mol. The van der Waals surface area contributed by atoms with Crippen molar-refractivity contribution in [3.63, 3.8) is 0 Å². The SMILES string of the molecule is O=C(C=Cc1ccn(S(=O)(=O)c2ccc(-c3ccc(CNC4CCCC4)cc3)cc2)c1)NO. The lowest BCUT2D eigenvalue weighted by molar-refractivity contribution is -0.124. The maximum Gasteiger partial charge on any atom is 0.267 e. The predicted molar refractivity (Wildman–Crippen MR) is 127 cm³/mol. The Balaban J connectivity index is 1.43. The lowest BCUT2D eigenvalue weighted by Crippen LogP contribution is -2.25. The molecule has 1 aliphatic carbocycles. The van der Waals surface area contributed by atoms with E-state index >= 15 is 0 Å². The van der Waals surface area contributed by atoms with E-state index in [1.807, 2.05) is 0 Å². The highest BCUT2D eigenvalue weighted by Crippen LogP contribution is 2.24. The van der Waals surface area contributed by atoms with E-state index in [2.05, 4.69) is 29.6 Å². The Labute approximate surface area is 193 Å². The Bertz CT molecular complexity index is 1220. The topological polar surface area (TPSA) is 100 Å². The molecule has 1 saturated carbocycles. The van der Waals surface area contributed by atoms with Crippen molar-refractivity contribution < 1.29 is 18.4 Å². The van der Waals surface area contributed by atoms with Gasteiger partial charge in [0.05, 0.1) is 4.90 Å². The van der Waals surface area contributed by atoms with Gasteiger partial charge >= 0.3 is 0 Å². The van der Waals surface area contributed by atoms with Crippen LogP contribution in [0.2, 0.25) is 0 Å². The first-order chi connectivity index (χ1) is 16.0. The van der Waals surface area contributed by atoms with E-state index in [-0.39, 0.29) is 4.90 Å². The van der Waals surface area contributed by atoms with Gasteiger partial charge in [-0.1, -0.05) is 49.2 Å². The molecule has 1 heterocycles. The Hall–Kier alpha value is -3.20. The van der Waals surface area contributed by atoms with E-state index in [4.69, 9.17) is 5.21 Å². The van der Waals surface area contributed by atoms with Crippen LogP contribution in [0.1, 0.15) is 36.8 Å². The predicted octanol–water partition coefficient (Wildman–Crippen LogP) is 3.94. The number of hydrogen-bond donors (Lipinski definition) is 3. The molecule has 0 spiro atoms. The van der Waals surface area contributed by atoms with Crippen molar-refractivity contribution in [3.8, 4) is 11.1 Å². The molecule has 1 aromatic heterocycles. The second kappa shape index (κ2) is 10.2. The lowest BCUT2D eigenvalue weighted by Gasteiger charge is -2.12. The van der Waals surface area contributed by atoms with Gasteiger partial charge in [-0.05, 0) is 59.4 Å². The van der Waals surface area contributed by atoms with Crippen LogP contribution in [-0.4, -0.2) is 29.5 Å². The molecule has 0 radical (unpaired) electrons. The smallest absolute Gasteiger partial charge is 0.267 e. The molecule has 7 nitrogen and oxygen atoms in total. The highest BCUT2D eigenvalue weighted by atomic mass is 32.2. The minimum absolute atomic E-state index is 0.169. The number of nitrogens with one attached hydrogen (secondary N) is 2. The quantitative estimate of drug-likeness (QED) is 0.266. The summed E-state index contributed by atoms with van der Waals surface area (Å²) in [6.07, 6.45) is 10.5. The van der Waals surface area contributed by atoms with Gasteiger partial charge in [-0.15, -0.1) is 0 Å². The van der Waals surface area contributed by atoms with Gasteiger partial charge in [0, 0.05) is 31.1 Å². The van der Waals surface area contributed by atoms with Crippen LogP contribution in [0, 0.1) is 0 Å². The summed E-state index contributed by atoms with van der Waals surface area (Å²) in [6, 6.07) is 17.3. The Morgan fingerprint density at radius 1 is 1.00 bits per heavy atom. The highest BCUT2D eigenvalue weighted by molar-refractivity contribution is 7.90. The molecule has 1 aliphatic rings. The summed E-state index contributed by atoms with van der Waals surface area (Å²) >= 11 is 0. The zero-order chi connectivity index (χ0) is 23.3. The molecule has 0 saturated heterocycles. The number of amides is 1. The summed E-state index contributed by atoms with van der Waals surface area (Å²) in [5, 5.41) is 12.1. The number of aromatic nitrogens is 1. The summed E-state index contributed by atoms with van der Waals surface area (Å²) in [7, 11) is -3.76. The van der Waals surface area contributed by atoms with Crippen LogP contribution < -0.4 is 10.8 Å². The van der Waals surface area contributed by atoms with Crippen LogP contribution in [-0.2, 0) is 21.4 Å². The molecule has 2 aromatic carbocycles. The van der Waals surface area contributed by atoms with Crippen LogP contribution >= 0.6 is 0 Å². The van der Waals surface area contributed by atoms with E-state index in [9.17, 15) is 13.2 Å². The lowest BCUT2D eigenvalue weighted by atomic mass is 10.0. The van der Waals surface area contributed by atoms with Crippen LogP contribution in [0.3, 0.4) is 0 Å². The minimum atomic E-state index is -3.76. The maximum absolute atomic E-state index is 12.9. The summed E-state index contributed by atoms with van der Waals surface area (Å²) in [5.74, 6) is -0.695. The van der Waals surface area contributed by atoms with E-state index in [1.54, 1.807) is 30.3 Å². The molecule has 172 valence electrons.